The summed E-state index contributed by atoms with van der Waals surface area (Å²) < 4.78 is 1.80. The minimum Gasteiger partial charge on any atom is -0.507 e. The van der Waals surface area contributed by atoms with E-state index in [-0.39, 0.29) is 5.78 Å². The van der Waals surface area contributed by atoms with Gasteiger partial charge in [-0.1, -0.05) is 24.3 Å². The van der Waals surface area contributed by atoms with Gasteiger partial charge >= 0.3 is 0 Å². The number of aromatic hydroxyl groups is 1. The Kier molecular flexibility index (Phi) is 4.76. The zero-order valence-electron chi connectivity index (χ0n) is 15.4. The molecule has 0 aliphatic heterocycles. The molecule has 2 aromatic carbocycles. The number of aryl methyl sites for hydroxylation is 3. The van der Waals surface area contributed by atoms with Gasteiger partial charge in [-0.25, -0.2) is 4.68 Å². The van der Waals surface area contributed by atoms with Gasteiger partial charge in [-0.05, 0) is 74.7 Å². The van der Waals surface area contributed by atoms with E-state index in [1.807, 2.05) is 70.2 Å². The Bertz CT molecular complexity index is 975. The Balaban J connectivity index is 1.93. The van der Waals surface area contributed by atoms with Crippen LogP contribution in [0.25, 0.3) is 11.8 Å². The largest absolute Gasteiger partial charge is 0.507 e. The van der Waals surface area contributed by atoms with Gasteiger partial charge in [0.2, 0.25) is 0 Å². The van der Waals surface area contributed by atoms with E-state index in [2.05, 4.69) is 5.10 Å². The molecule has 0 aliphatic carbocycles. The Morgan fingerprint density at radius 2 is 1.65 bits per heavy atom. The van der Waals surface area contributed by atoms with Crippen molar-refractivity contribution >= 4 is 11.9 Å². The average molecular weight is 346 g/mol. The first-order valence-corrected chi connectivity index (χ1v) is 8.52. The van der Waals surface area contributed by atoms with Crippen molar-refractivity contribution in [2.75, 3.05) is 0 Å². The van der Waals surface area contributed by atoms with E-state index in [0.29, 0.717) is 17.0 Å². The molecule has 0 radical (unpaired) electrons. The molecule has 0 atom stereocenters. The van der Waals surface area contributed by atoms with Crippen molar-refractivity contribution in [3.05, 3.63) is 82.2 Å². The highest BCUT2D eigenvalue weighted by Gasteiger charge is 2.17. The number of ketones is 1. The minimum atomic E-state index is -0.0782. The summed E-state index contributed by atoms with van der Waals surface area (Å²) >= 11 is 0. The molecule has 0 unspecified atom stereocenters. The summed E-state index contributed by atoms with van der Waals surface area (Å²) in [6.45, 7) is 7.45. The van der Waals surface area contributed by atoms with E-state index >= 15 is 0 Å². The van der Waals surface area contributed by atoms with E-state index in [9.17, 15) is 9.90 Å². The first kappa shape index (κ1) is 17.7. The summed E-state index contributed by atoms with van der Waals surface area (Å²) in [5.41, 5.74) is 5.55. The standard InChI is InChI=1S/C22H22N2O2/c1-14-12-18(13-15(2)22(14)26)10-11-20(25)21-16(3)23-24(17(21)4)19-8-6-5-7-9-19/h5-13,26H,1-4H3/b11-10+. The highest BCUT2D eigenvalue weighted by Crippen LogP contribution is 2.24. The molecule has 0 saturated heterocycles. The van der Waals surface area contributed by atoms with E-state index < -0.39 is 0 Å². The first-order valence-electron chi connectivity index (χ1n) is 8.52. The molecule has 3 aromatic rings. The van der Waals surface area contributed by atoms with Crippen LogP contribution in [0.2, 0.25) is 0 Å². The molecule has 0 saturated carbocycles. The van der Waals surface area contributed by atoms with Crippen molar-refractivity contribution < 1.29 is 9.90 Å². The lowest BCUT2D eigenvalue weighted by Crippen LogP contribution is -2.01. The molecule has 26 heavy (non-hydrogen) atoms. The van der Waals surface area contributed by atoms with Crippen molar-refractivity contribution in [1.29, 1.82) is 0 Å². The van der Waals surface area contributed by atoms with Crippen LogP contribution in [0.15, 0.2) is 48.5 Å². The number of para-hydroxylation sites is 1. The lowest BCUT2D eigenvalue weighted by atomic mass is 10.0. The summed E-state index contributed by atoms with van der Waals surface area (Å²) in [6.07, 6.45) is 3.35. The number of hydrogen-bond donors (Lipinski definition) is 1. The minimum absolute atomic E-state index is 0.0782. The highest BCUT2D eigenvalue weighted by atomic mass is 16.3. The molecule has 4 nitrogen and oxygen atoms in total. The number of phenolic OH excluding ortho intramolecular Hbond substituents is 1. The molecular weight excluding hydrogens is 324 g/mol. The molecule has 0 bridgehead atoms. The van der Waals surface area contributed by atoms with Gasteiger partial charge in [0.05, 0.1) is 22.6 Å². The van der Waals surface area contributed by atoms with Gasteiger partial charge < -0.3 is 5.11 Å². The molecule has 1 aromatic heterocycles. The Hall–Kier alpha value is -3.14. The maximum Gasteiger partial charge on any atom is 0.189 e. The summed E-state index contributed by atoms with van der Waals surface area (Å²) in [5.74, 6) is 0.217. The van der Waals surface area contributed by atoms with E-state index in [4.69, 9.17) is 0 Å². The van der Waals surface area contributed by atoms with Crippen LogP contribution in [0.1, 0.15) is 38.4 Å². The van der Waals surface area contributed by atoms with Gasteiger partial charge in [0.15, 0.2) is 5.78 Å². The van der Waals surface area contributed by atoms with Crippen molar-refractivity contribution in [2.45, 2.75) is 27.7 Å². The third-order valence-corrected chi connectivity index (χ3v) is 4.48. The molecule has 4 heteroatoms. The maximum atomic E-state index is 12.8. The fraction of sp³-hybridized carbons (Fsp3) is 0.182. The molecule has 0 spiro atoms. The number of phenols is 1. The fourth-order valence-electron chi connectivity index (χ4n) is 3.16. The number of aromatic nitrogens is 2. The Labute approximate surface area is 153 Å². The number of benzene rings is 2. The van der Waals surface area contributed by atoms with Crippen LogP contribution in [0.4, 0.5) is 0 Å². The lowest BCUT2D eigenvalue weighted by Gasteiger charge is -2.05. The van der Waals surface area contributed by atoms with Crippen LogP contribution in [0.3, 0.4) is 0 Å². The molecule has 132 valence electrons. The first-order chi connectivity index (χ1) is 12.4. The fourth-order valence-corrected chi connectivity index (χ4v) is 3.16. The Morgan fingerprint density at radius 3 is 2.27 bits per heavy atom. The average Bonchev–Trinajstić information content (AvgIpc) is 2.92. The summed E-state index contributed by atoms with van der Waals surface area (Å²) in [7, 11) is 0. The monoisotopic (exact) mass is 346 g/mol. The van der Waals surface area contributed by atoms with Crippen LogP contribution < -0.4 is 0 Å². The lowest BCUT2D eigenvalue weighted by molar-refractivity contribution is 0.104. The van der Waals surface area contributed by atoms with Crippen LogP contribution in [-0.2, 0) is 0 Å². The summed E-state index contributed by atoms with van der Waals surface area (Å²) in [6, 6.07) is 13.5. The normalized spacial score (nSPS) is 11.2. The van der Waals surface area contributed by atoms with Gasteiger partial charge in [-0.3, -0.25) is 4.79 Å². The van der Waals surface area contributed by atoms with Crippen molar-refractivity contribution in [3.63, 3.8) is 0 Å². The second-order valence-corrected chi connectivity index (χ2v) is 6.49. The molecule has 0 fully saturated rings. The van der Waals surface area contributed by atoms with Gasteiger partial charge in [-0.15, -0.1) is 0 Å². The maximum absolute atomic E-state index is 12.8. The van der Waals surface area contributed by atoms with Crippen molar-refractivity contribution in [1.82, 2.24) is 9.78 Å². The van der Waals surface area contributed by atoms with E-state index in [1.54, 1.807) is 16.8 Å². The second-order valence-electron chi connectivity index (χ2n) is 6.49. The summed E-state index contributed by atoms with van der Waals surface area (Å²) in [4.78, 5) is 12.8. The van der Waals surface area contributed by atoms with Crippen LogP contribution in [0.5, 0.6) is 5.75 Å². The van der Waals surface area contributed by atoms with E-state index in [1.165, 1.54) is 0 Å². The third-order valence-electron chi connectivity index (χ3n) is 4.48. The number of allylic oxidation sites excluding steroid dienone is 1. The second kappa shape index (κ2) is 7.00. The molecule has 1 N–H and O–H groups in total. The van der Waals surface area contributed by atoms with Gasteiger partial charge in [0, 0.05) is 0 Å². The molecule has 1 heterocycles. The van der Waals surface area contributed by atoms with Gasteiger partial charge in [0.25, 0.3) is 0 Å². The predicted molar refractivity (Wildman–Crippen MR) is 104 cm³/mol. The molecular formula is C22H22N2O2. The molecule has 0 amide bonds. The summed E-state index contributed by atoms with van der Waals surface area (Å²) in [5, 5.41) is 14.4. The van der Waals surface area contributed by atoms with Crippen LogP contribution >= 0.6 is 0 Å². The number of carbonyl (C=O) groups is 1. The quantitative estimate of drug-likeness (QED) is 0.550. The smallest absolute Gasteiger partial charge is 0.189 e. The van der Waals surface area contributed by atoms with Gasteiger partial charge in [-0.2, -0.15) is 5.10 Å². The number of rotatable bonds is 4. The molecule has 3 rings (SSSR count). The van der Waals surface area contributed by atoms with Gasteiger partial charge in [0.1, 0.15) is 5.75 Å². The van der Waals surface area contributed by atoms with E-state index in [0.717, 1.165) is 28.1 Å². The topological polar surface area (TPSA) is 55.1 Å². The zero-order valence-corrected chi connectivity index (χ0v) is 15.4. The third kappa shape index (κ3) is 3.31. The Morgan fingerprint density at radius 1 is 1.04 bits per heavy atom. The van der Waals surface area contributed by atoms with Crippen LogP contribution in [-0.4, -0.2) is 20.7 Å². The van der Waals surface area contributed by atoms with Crippen molar-refractivity contribution in [3.8, 4) is 11.4 Å². The SMILES string of the molecule is Cc1cc(/C=C/C(=O)c2c(C)nn(-c3ccccc3)c2C)cc(C)c1O. The number of hydrogen-bond acceptors (Lipinski definition) is 3. The van der Waals surface area contributed by atoms with Crippen LogP contribution in [0, 0.1) is 27.7 Å². The number of carbonyl (C=O) groups excluding carboxylic acids is 1. The van der Waals surface area contributed by atoms with Crippen molar-refractivity contribution in [2.24, 2.45) is 0 Å². The molecule has 0 aliphatic rings. The zero-order chi connectivity index (χ0) is 18.8. The highest BCUT2D eigenvalue weighted by molar-refractivity contribution is 6.08. The predicted octanol–water partition coefficient (Wildman–Crippen LogP) is 4.71. The number of nitrogens with zero attached hydrogens (tertiary/aromatic N) is 2.